The summed E-state index contributed by atoms with van der Waals surface area (Å²) in [6.07, 6.45) is 3.62. The van der Waals surface area contributed by atoms with Gasteiger partial charge >= 0.3 is 0 Å². The molecule has 0 spiro atoms. The zero-order valence-electron chi connectivity index (χ0n) is 10.2. The number of rotatable bonds is 1. The van der Waals surface area contributed by atoms with E-state index < -0.39 is 0 Å². The molecule has 86 valence electrons. The van der Waals surface area contributed by atoms with Crippen LogP contribution in [0, 0.1) is 19.7 Å². The summed E-state index contributed by atoms with van der Waals surface area (Å²) >= 11 is 0. The Kier molecular flexibility index (Phi) is 4.23. The minimum Gasteiger partial charge on any atom is -0.241 e. The molecule has 0 saturated carbocycles. The van der Waals surface area contributed by atoms with Crippen molar-refractivity contribution in [2.75, 3.05) is 0 Å². The molecule has 2 rings (SSSR count). The summed E-state index contributed by atoms with van der Waals surface area (Å²) in [5.74, 6) is -0.229. The molecule has 0 bridgehead atoms. The van der Waals surface area contributed by atoms with Crippen LogP contribution in [-0.4, -0.2) is 9.78 Å². The molecular formula is C13H17FN2. The minimum atomic E-state index is -0.229. The Morgan fingerprint density at radius 1 is 1.06 bits per heavy atom. The van der Waals surface area contributed by atoms with Crippen LogP contribution < -0.4 is 0 Å². The van der Waals surface area contributed by atoms with E-state index in [0.29, 0.717) is 0 Å². The molecule has 0 saturated heterocycles. The second kappa shape index (κ2) is 5.45. The third-order valence-electron chi connectivity index (χ3n) is 2.00. The van der Waals surface area contributed by atoms with Gasteiger partial charge in [0.1, 0.15) is 5.82 Å². The lowest BCUT2D eigenvalue weighted by atomic mass is 10.2. The predicted molar refractivity (Wildman–Crippen MR) is 64.3 cm³/mol. The van der Waals surface area contributed by atoms with Gasteiger partial charge in [0, 0.05) is 6.20 Å². The van der Waals surface area contributed by atoms with E-state index in [1.165, 1.54) is 12.1 Å². The second-order valence-electron chi connectivity index (χ2n) is 3.45. The average molecular weight is 220 g/mol. The van der Waals surface area contributed by atoms with E-state index in [2.05, 4.69) is 5.10 Å². The molecule has 1 aromatic heterocycles. The lowest BCUT2D eigenvalue weighted by Gasteiger charge is -2.02. The van der Waals surface area contributed by atoms with E-state index >= 15 is 0 Å². The number of benzene rings is 1. The van der Waals surface area contributed by atoms with Crippen molar-refractivity contribution in [3.05, 3.63) is 47.5 Å². The van der Waals surface area contributed by atoms with Crippen LogP contribution in [0.15, 0.2) is 30.6 Å². The summed E-state index contributed by atoms with van der Waals surface area (Å²) in [6.45, 7) is 7.82. The Hall–Kier alpha value is -1.64. The van der Waals surface area contributed by atoms with Crippen molar-refractivity contribution in [2.45, 2.75) is 27.7 Å². The van der Waals surface area contributed by atoms with E-state index in [4.69, 9.17) is 0 Å². The highest BCUT2D eigenvalue weighted by Gasteiger charge is 2.01. The summed E-state index contributed by atoms with van der Waals surface area (Å²) < 4.78 is 14.8. The Morgan fingerprint density at radius 2 is 1.75 bits per heavy atom. The molecule has 2 aromatic rings. The van der Waals surface area contributed by atoms with Gasteiger partial charge in [-0.15, -0.1) is 0 Å². The molecule has 0 fully saturated rings. The topological polar surface area (TPSA) is 17.8 Å². The molecule has 0 radical (unpaired) electrons. The van der Waals surface area contributed by atoms with Crippen molar-refractivity contribution >= 4 is 0 Å². The van der Waals surface area contributed by atoms with Gasteiger partial charge in [0.05, 0.1) is 11.9 Å². The zero-order chi connectivity index (χ0) is 12.1. The Bertz CT molecular complexity index is 440. The number of nitrogens with zero attached hydrogens (tertiary/aromatic N) is 2. The Labute approximate surface area is 95.7 Å². The molecule has 0 aliphatic rings. The van der Waals surface area contributed by atoms with E-state index in [9.17, 15) is 4.39 Å². The molecular weight excluding hydrogens is 203 g/mol. The van der Waals surface area contributed by atoms with Gasteiger partial charge in [-0.1, -0.05) is 13.8 Å². The van der Waals surface area contributed by atoms with Gasteiger partial charge in [-0.3, -0.25) is 0 Å². The molecule has 2 nitrogen and oxygen atoms in total. The van der Waals surface area contributed by atoms with Gasteiger partial charge in [-0.25, -0.2) is 9.07 Å². The predicted octanol–water partition coefficient (Wildman–Crippen LogP) is 3.65. The molecule has 0 atom stereocenters. The molecule has 0 amide bonds. The number of aryl methyl sites for hydroxylation is 2. The highest BCUT2D eigenvalue weighted by molar-refractivity contribution is 5.35. The summed E-state index contributed by atoms with van der Waals surface area (Å²) in [6, 6.07) is 4.87. The fraction of sp³-hybridized carbons (Fsp3) is 0.308. The summed E-state index contributed by atoms with van der Waals surface area (Å²) in [5.41, 5.74) is 2.72. The van der Waals surface area contributed by atoms with Crippen molar-refractivity contribution in [3.8, 4) is 5.69 Å². The first-order valence-electron chi connectivity index (χ1n) is 5.44. The van der Waals surface area contributed by atoms with Crippen LogP contribution in [0.2, 0.25) is 0 Å². The molecule has 1 aromatic carbocycles. The zero-order valence-corrected chi connectivity index (χ0v) is 10.2. The van der Waals surface area contributed by atoms with Crippen molar-refractivity contribution in [3.63, 3.8) is 0 Å². The maximum atomic E-state index is 13.1. The summed E-state index contributed by atoms with van der Waals surface area (Å²) in [7, 11) is 0. The largest absolute Gasteiger partial charge is 0.241 e. The molecule has 0 aliphatic heterocycles. The first kappa shape index (κ1) is 12.4. The van der Waals surface area contributed by atoms with Gasteiger partial charge in [0.2, 0.25) is 0 Å². The van der Waals surface area contributed by atoms with Crippen LogP contribution in [0.5, 0.6) is 0 Å². The Balaban J connectivity index is 0.000000606. The maximum Gasteiger partial charge on any atom is 0.125 e. The first-order valence-corrected chi connectivity index (χ1v) is 5.44. The lowest BCUT2D eigenvalue weighted by Crippen LogP contribution is -1.95. The smallest absolute Gasteiger partial charge is 0.125 e. The molecule has 0 N–H and O–H groups in total. The number of aromatic nitrogens is 2. The highest BCUT2D eigenvalue weighted by atomic mass is 19.1. The summed E-state index contributed by atoms with van der Waals surface area (Å²) in [5, 5.41) is 4.12. The van der Waals surface area contributed by atoms with Gasteiger partial charge in [0.25, 0.3) is 0 Å². The quantitative estimate of drug-likeness (QED) is 0.717. The molecule has 0 unspecified atom stereocenters. The SMILES string of the molecule is CC.Cc1cc(F)cc(-n2cc(C)cn2)c1. The van der Waals surface area contributed by atoms with Crippen LogP contribution >= 0.6 is 0 Å². The fourth-order valence-electron chi connectivity index (χ4n) is 1.40. The van der Waals surface area contributed by atoms with Crippen LogP contribution in [0.4, 0.5) is 4.39 Å². The van der Waals surface area contributed by atoms with Crippen LogP contribution in [0.3, 0.4) is 0 Å². The summed E-state index contributed by atoms with van der Waals surface area (Å²) in [4.78, 5) is 0. The standard InChI is InChI=1S/C11H11FN2.C2H6/c1-8-3-10(12)5-11(4-8)14-7-9(2)6-13-14;1-2/h3-7H,1-2H3;1-2H3. The minimum absolute atomic E-state index is 0.229. The average Bonchev–Trinajstić information content (AvgIpc) is 2.66. The monoisotopic (exact) mass is 220 g/mol. The van der Waals surface area contributed by atoms with Gasteiger partial charge in [-0.2, -0.15) is 5.10 Å². The number of hydrogen-bond acceptors (Lipinski definition) is 1. The third-order valence-corrected chi connectivity index (χ3v) is 2.00. The normalized spacial score (nSPS) is 9.56. The second-order valence-corrected chi connectivity index (χ2v) is 3.45. The maximum absolute atomic E-state index is 13.1. The van der Waals surface area contributed by atoms with Gasteiger partial charge in [-0.05, 0) is 43.2 Å². The van der Waals surface area contributed by atoms with E-state index in [0.717, 1.165) is 16.8 Å². The fourth-order valence-corrected chi connectivity index (χ4v) is 1.40. The van der Waals surface area contributed by atoms with Crippen molar-refractivity contribution < 1.29 is 4.39 Å². The molecule has 0 aliphatic carbocycles. The number of halogens is 1. The first-order chi connectivity index (χ1) is 7.65. The van der Waals surface area contributed by atoms with Crippen LogP contribution in [-0.2, 0) is 0 Å². The lowest BCUT2D eigenvalue weighted by molar-refractivity contribution is 0.624. The number of hydrogen-bond donors (Lipinski definition) is 0. The van der Waals surface area contributed by atoms with Crippen LogP contribution in [0.1, 0.15) is 25.0 Å². The van der Waals surface area contributed by atoms with Crippen molar-refractivity contribution in [1.29, 1.82) is 0 Å². The third kappa shape index (κ3) is 2.92. The van der Waals surface area contributed by atoms with Crippen molar-refractivity contribution in [2.24, 2.45) is 0 Å². The van der Waals surface area contributed by atoms with E-state index in [1.807, 2.05) is 40.0 Å². The van der Waals surface area contributed by atoms with E-state index in [-0.39, 0.29) is 5.82 Å². The van der Waals surface area contributed by atoms with Gasteiger partial charge in [0.15, 0.2) is 0 Å². The molecule has 16 heavy (non-hydrogen) atoms. The van der Waals surface area contributed by atoms with Crippen LogP contribution in [0.25, 0.3) is 5.69 Å². The molecule has 3 heteroatoms. The highest BCUT2D eigenvalue weighted by Crippen LogP contribution is 2.12. The Morgan fingerprint density at radius 3 is 2.25 bits per heavy atom. The van der Waals surface area contributed by atoms with Crippen molar-refractivity contribution in [1.82, 2.24) is 9.78 Å². The van der Waals surface area contributed by atoms with E-state index in [1.54, 1.807) is 10.9 Å². The molecule has 1 heterocycles. The van der Waals surface area contributed by atoms with Gasteiger partial charge < -0.3 is 0 Å².